The van der Waals surface area contributed by atoms with Crippen LogP contribution < -0.4 is 5.32 Å². The van der Waals surface area contributed by atoms with Gasteiger partial charge in [0.05, 0.1) is 12.7 Å². The third kappa shape index (κ3) is 5.04. The second-order valence-electron chi connectivity index (χ2n) is 5.10. The van der Waals surface area contributed by atoms with E-state index in [0.717, 1.165) is 4.90 Å². The summed E-state index contributed by atoms with van der Waals surface area (Å²) in [4.78, 5) is 23.9. The summed E-state index contributed by atoms with van der Waals surface area (Å²) in [6.07, 6.45) is -0.698. The van der Waals surface area contributed by atoms with E-state index in [1.165, 1.54) is 0 Å². The maximum Gasteiger partial charge on any atom is 0.326 e. The van der Waals surface area contributed by atoms with E-state index in [4.69, 9.17) is 9.84 Å². The number of urea groups is 1. The van der Waals surface area contributed by atoms with Gasteiger partial charge in [0, 0.05) is 26.1 Å². The monoisotopic (exact) mass is 274 g/mol. The summed E-state index contributed by atoms with van der Waals surface area (Å²) in [5, 5.41) is 21.0. The molecule has 7 heteroatoms. The molecule has 1 fully saturated rings. The van der Waals surface area contributed by atoms with Gasteiger partial charge in [-0.15, -0.1) is 0 Å². The van der Waals surface area contributed by atoms with Crippen LogP contribution in [0.5, 0.6) is 0 Å². The summed E-state index contributed by atoms with van der Waals surface area (Å²) in [5.74, 6) is -0.663. The molecule has 7 nitrogen and oxygen atoms in total. The Kier molecular flexibility index (Phi) is 6.04. The van der Waals surface area contributed by atoms with E-state index in [0.29, 0.717) is 25.7 Å². The van der Waals surface area contributed by atoms with Crippen molar-refractivity contribution in [3.05, 3.63) is 0 Å². The maximum atomic E-state index is 11.8. The van der Waals surface area contributed by atoms with Crippen molar-refractivity contribution in [1.82, 2.24) is 10.2 Å². The number of aliphatic hydroxyl groups excluding tert-OH is 1. The molecule has 1 aliphatic rings. The minimum Gasteiger partial charge on any atom is -0.480 e. The average Bonchev–Trinajstić information content (AvgIpc) is 2.70. The van der Waals surface area contributed by atoms with Crippen LogP contribution in [0.1, 0.15) is 20.3 Å². The number of aliphatic hydroxyl groups is 1. The molecule has 0 aliphatic carbocycles. The van der Waals surface area contributed by atoms with Crippen LogP contribution in [-0.2, 0) is 9.53 Å². The number of carbonyl (C=O) groups excluding carboxylic acids is 1. The quantitative estimate of drug-likeness (QED) is 0.587. The van der Waals surface area contributed by atoms with Crippen LogP contribution >= 0.6 is 0 Å². The first-order chi connectivity index (χ1) is 8.91. The topological polar surface area (TPSA) is 99.1 Å². The molecule has 0 unspecified atom stereocenters. The fourth-order valence-electron chi connectivity index (χ4n) is 1.92. The summed E-state index contributed by atoms with van der Waals surface area (Å²) in [5.41, 5.74) is 0. The van der Waals surface area contributed by atoms with Crippen LogP contribution in [0.4, 0.5) is 4.79 Å². The SMILES string of the molecule is CC(C)COCCNC(=O)N1C[C@@H](O)C[C@H]1C(=O)O. The lowest BCUT2D eigenvalue weighted by Crippen LogP contribution is -2.46. The van der Waals surface area contributed by atoms with Crippen LogP contribution in [0.2, 0.25) is 0 Å². The Labute approximate surface area is 112 Å². The molecule has 1 saturated heterocycles. The summed E-state index contributed by atoms with van der Waals surface area (Å²) >= 11 is 0. The standard InChI is InChI=1S/C12H22N2O5/c1-8(2)7-19-4-3-13-12(18)14-6-9(15)5-10(14)11(16)17/h8-10,15H,3-7H2,1-2H3,(H,13,18)(H,16,17)/t9-,10-/m0/s1. The fraction of sp³-hybridized carbons (Fsp3) is 0.833. The van der Waals surface area contributed by atoms with Crippen molar-refractivity contribution in [2.45, 2.75) is 32.4 Å². The lowest BCUT2D eigenvalue weighted by atomic mass is 10.2. The molecule has 1 heterocycles. The van der Waals surface area contributed by atoms with Crippen LogP contribution in [0.25, 0.3) is 0 Å². The Bertz CT molecular complexity index is 321. The van der Waals surface area contributed by atoms with Crippen LogP contribution in [0.15, 0.2) is 0 Å². The second-order valence-corrected chi connectivity index (χ2v) is 5.10. The molecular formula is C12H22N2O5. The van der Waals surface area contributed by atoms with Gasteiger partial charge in [-0.1, -0.05) is 13.8 Å². The van der Waals surface area contributed by atoms with Gasteiger partial charge >= 0.3 is 12.0 Å². The minimum atomic E-state index is -1.09. The first-order valence-corrected chi connectivity index (χ1v) is 6.45. The van der Waals surface area contributed by atoms with E-state index in [9.17, 15) is 14.7 Å². The molecule has 1 aliphatic heterocycles. The van der Waals surface area contributed by atoms with Crippen molar-refractivity contribution in [2.24, 2.45) is 5.92 Å². The highest BCUT2D eigenvalue weighted by atomic mass is 16.5. The minimum absolute atomic E-state index is 0.0512. The van der Waals surface area contributed by atoms with Crippen molar-refractivity contribution < 1.29 is 24.5 Å². The Morgan fingerprint density at radius 1 is 1.47 bits per heavy atom. The van der Waals surface area contributed by atoms with E-state index in [-0.39, 0.29) is 13.0 Å². The van der Waals surface area contributed by atoms with E-state index in [1.54, 1.807) is 0 Å². The molecule has 0 aromatic rings. The number of ether oxygens (including phenoxy) is 1. The van der Waals surface area contributed by atoms with E-state index in [1.807, 2.05) is 13.8 Å². The number of amides is 2. The molecule has 0 radical (unpaired) electrons. The largest absolute Gasteiger partial charge is 0.480 e. The molecule has 2 atom stereocenters. The number of carboxylic acids is 1. The number of β-amino-alcohol motifs (C(OH)–C–C–N with tert-alkyl or cyclic N) is 1. The molecule has 0 spiro atoms. The van der Waals surface area contributed by atoms with Crippen LogP contribution in [-0.4, -0.2) is 65.6 Å². The molecule has 0 bridgehead atoms. The number of rotatable bonds is 6. The number of nitrogens with one attached hydrogen (secondary N) is 1. The van der Waals surface area contributed by atoms with Crippen molar-refractivity contribution in [3.63, 3.8) is 0 Å². The van der Waals surface area contributed by atoms with E-state index < -0.39 is 24.1 Å². The summed E-state index contributed by atoms with van der Waals surface area (Å²) in [6, 6.07) is -1.43. The third-order valence-corrected chi connectivity index (χ3v) is 2.80. The van der Waals surface area contributed by atoms with E-state index >= 15 is 0 Å². The van der Waals surface area contributed by atoms with Gasteiger partial charge < -0.3 is 25.2 Å². The molecule has 0 aromatic heterocycles. The number of hydrogen-bond donors (Lipinski definition) is 3. The van der Waals surface area contributed by atoms with Gasteiger partial charge in [0.25, 0.3) is 0 Å². The number of carbonyl (C=O) groups is 2. The molecule has 19 heavy (non-hydrogen) atoms. The molecule has 1 rings (SSSR count). The first-order valence-electron chi connectivity index (χ1n) is 6.45. The van der Waals surface area contributed by atoms with Gasteiger partial charge in [-0.05, 0) is 5.92 Å². The van der Waals surface area contributed by atoms with Crippen molar-refractivity contribution >= 4 is 12.0 Å². The van der Waals surface area contributed by atoms with Gasteiger partial charge in [0.2, 0.25) is 0 Å². The number of hydrogen-bond acceptors (Lipinski definition) is 4. The normalized spacial score (nSPS) is 22.8. The van der Waals surface area contributed by atoms with Gasteiger partial charge in [-0.25, -0.2) is 9.59 Å². The predicted molar refractivity (Wildman–Crippen MR) is 67.8 cm³/mol. The van der Waals surface area contributed by atoms with Gasteiger partial charge in [-0.2, -0.15) is 0 Å². The molecule has 110 valence electrons. The average molecular weight is 274 g/mol. The summed E-state index contributed by atoms with van der Waals surface area (Å²) in [7, 11) is 0. The maximum absolute atomic E-state index is 11.8. The smallest absolute Gasteiger partial charge is 0.326 e. The van der Waals surface area contributed by atoms with Crippen molar-refractivity contribution in [3.8, 4) is 0 Å². The highest BCUT2D eigenvalue weighted by Gasteiger charge is 2.38. The van der Waals surface area contributed by atoms with Crippen LogP contribution in [0, 0.1) is 5.92 Å². The predicted octanol–water partition coefficient (Wildman–Crippen LogP) is -0.112. The highest BCUT2D eigenvalue weighted by molar-refractivity contribution is 5.83. The number of nitrogens with zero attached hydrogens (tertiary/aromatic N) is 1. The highest BCUT2D eigenvalue weighted by Crippen LogP contribution is 2.17. The Hall–Kier alpha value is -1.34. The zero-order chi connectivity index (χ0) is 14.4. The molecule has 2 amide bonds. The Morgan fingerprint density at radius 3 is 2.74 bits per heavy atom. The fourth-order valence-corrected chi connectivity index (χ4v) is 1.92. The van der Waals surface area contributed by atoms with Crippen molar-refractivity contribution in [2.75, 3.05) is 26.3 Å². The lowest BCUT2D eigenvalue weighted by Gasteiger charge is -2.21. The van der Waals surface area contributed by atoms with Gasteiger partial charge in [0.1, 0.15) is 6.04 Å². The van der Waals surface area contributed by atoms with Gasteiger partial charge in [-0.3, -0.25) is 0 Å². The molecular weight excluding hydrogens is 252 g/mol. The Balaban J connectivity index is 2.30. The zero-order valence-electron chi connectivity index (χ0n) is 11.3. The molecule has 0 aromatic carbocycles. The molecule has 3 N–H and O–H groups in total. The third-order valence-electron chi connectivity index (χ3n) is 2.80. The molecule has 0 saturated carbocycles. The van der Waals surface area contributed by atoms with Gasteiger partial charge in [0.15, 0.2) is 0 Å². The lowest BCUT2D eigenvalue weighted by molar-refractivity contribution is -0.141. The second kappa shape index (κ2) is 7.30. The number of aliphatic carboxylic acids is 1. The Morgan fingerprint density at radius 2 is 2.16 bits per heavy atom. The van der Waals surface area contributed by atoms with Crippen molar-refractivity contribution in [1.29, 1.82) is 0 Å². The zero-order valence-corrected chi connectivity index (χ0v) is 11.3. The summed E-state index contributed by atoms with van der Waals surface area (Å²) < 4.78 is 5.30. The first kappa shape index (κ1) is 15.7. The van der Waals surface area contributed by atoms with E-state index in [2.05, 4.69) is 5.32 Å². The summed E-state index contributed by atoms with van der Waals surface area (Å²) in [6.45, 7) is 5.44. The number of carboxylic acid groups (broad SMARTS) is 1. The number of likely N-dealkylation sites (tertiary alicyclic amines) is 1. The van der Waals surface area contributed by atoms with Crippen LogP contribution in [0.3, 0.4) is 0 Å².